The molecule has 0 saturated heterocycles. The van der Waals surface area contributed by atoms with Gasteiger partial charge in [-0.3, -0.25) is 0 Å². The number of ether oxygens (including phenoxy) is 2. The van der Waals surface area contributed by atoms with Gasteiger partial charge >= 0.3 is 0 Å². The fourth-order valence-electron chi connectivity index (χ4n) is 2.78. The van der Waals surface area contributed by atoms with Crippen molar-refractivity contribution in [3.05, 3.63) is 23.8 Å². The highest BCUT2D eigenvalue weighted by Gasteiger charge is 2.22. The zero-order valence-corrected chi connectivity index (χ0v) is 12.6. The van der Waals surface area contributed by atoms with Crippen LogP contribution in [0.3, 0.4) is 0 Å². The molecular formula is C17H26O3. The van der Waals surface area contributed by atoms with Crippen molar-refractivity contribution in [2.45, 2.75) is 52.1 Å². The van der Waals surface area contributed by atoms with Crippen molar-refractivity contribution < 1.29 is 14.6 Å². The summed E-state index contributed by atoms with van der Waals surface area (Å²) >= 11 is 0. The van der Waals surface area contributed by atoms with Crippen molar-refractivity contribution in [3.63, 3.8) is 0 Å². The van der Waals surface area contributed by atoms with E-state index in [9.17, 15) is 5.11 Å². The van der Waals surface area contributed by atoms with E-state index in [1.165, 1.54) is 19.3 Å². The molecule has 0 fully saturated rings. The van der Waals surface area contributed by atoms with Crippen LogP contribution in [-0.4, -0.2) is 18.3 Å². The van der Waals surface area contributed by atoms with Crippen molar-refractivity contribution >= 4 is 0 Å². The van der Waals surface area contributed by atoms with Gasteiger partial charge in [0.2, 0.25) is 0 Å². The topological polar surface area (TPSA) is 38.7 Å². The highest BCUT2D eigenvalue weighted by molar-refractivity contribution is 5.48. The number of benzene rings is 1. The summed E-state index contributed by atoms with van der Waals surface area (Å²) in [6.45, 7) is 5.55. The minimum Gasteiger partial charge on any atom is -0.486 e. The average Bonchev–Trinajstić information content (AvgIpc) is 2.50. The molecule has 1 N–H and O–H groups in total. The lowest BCUT2D eigenvalue weighted by Gasteiger charge is -2.25. The zero-order valence-electron chi connectivity index (χ0n) is 12.6. The van der Waals surface area contributed by atoms with Gasteiger partial charge in [0, 0.05) is 5.56 Å². The van der Waals surface area contributed by atoms with E-state index in [0.717, 1.165) is 29.9 Å². The second kappa shape index (κ2) is 7.53. The number of para-hydroxylation sites is 1. The summed E-state index contributed by atoms with van der Waals surface area (Å²) in [7, 11) is 0. The molecule has 2 rings (SSSR count). The first kappa shape index (κ1) is 15.2. The van der Waals surface area contributed by atoms with E-state index in [-0.39, 0.29) is 0 Å². The summed E-state index contributed by atoms with van der Waals surface area (Å²) in [5, 5.41) is 10.5. The van der Waals surface area contributed by atoms with E-state index < -0.39 is 6.10 Å². The maximum absolute atomic E-state index is 10.5. The zero-order chi connectivity index (χ0) is 14.4. The molecule has 0 spiro atoms. The van der Waals surface area contributed by atoms with Gasteiger partial charge in [0.25, 0.3) is 0 Å². The van der Waals surface area contributed by atoms with Gasteiger partial charge < -0.3 is 14.6 Å². The van der Waals surface area contributed by atoms with E-state index in [4.69, 9.17) is 9.47 Å². The highest BCUT2D eigenvalue weighted by atomic mass is 16.6. The Balaban J connectivity index is 2.06. The first-order valence-electron chi connectivity index (χ1n) is 7.82. The molecule has 1 aromatic rings. The molecule has 0 amide bonds. The number of hydrogen-bond donors (Lipinski definition) is 1. The average molecular weight is 278 g/mol. The molecule has 2 unspecified atom stereocenters. The van der Waals surface area contributed by atoms with E-state index in [1.54, 1.807) is 0 Å². The van der Waals surface area contributed by atoms with Gasteiger partial charge in [-0.05, 0) is 18.4 Å². The maximum atomic E-state index is 10.5. The second-order valence-electron chi connectivity index (χ2n) is 5.54. The van der Waals surface area contributed by atoms with Crippen molar-refractivity contribution in [1.82, 2.24) is 0 Å². The van der Waals surface area contributed by atoms with E-state index in [2.05, 4.69) is 13.8 Å². The molecule has 3 heteroatoms. The molecule has 0 aromatic heterocycles. The Labute approximate surface area is 121 Å². The van der Waals surface area contributed by atoms with Gasteiger partial charge in [0.1, 0.15) is 13.2 Å². The van der Waals surface area contributed by atoms with Gasteiger partial charge in [0.05, 0.1) is 6.10 Å². The third-order valence-electron chi connectivity index (χ3n) is 4.06. The number of rotatable bonds is 7. The predicted octanol–water partition coefficient (Wildman–Crippen LogP) is 4.10. The molecule has 0 bridgehead atoms. The van der Waals surface area contributed by atoms with E-state index >= 15 is 0 Å². The Kier molecular flexibility index (Phi) is 5.72. The first-order valence-corrected chi connectivity index (χ1v) is 7.82. The fourth-order valence-corrected chi connectivity index (χ4v) is 2.78. The third-order valence-corrected chi connectivity index (χ3v) is 4.06. The Morgan fingerprint density at radius 3 is 2.75 bits per heavy atom. The first-order chi connectivity index (χ1) is 9.76. The van der Waals surface area contributed by atoms with Crippen LogP contribution in [0.25, 0.3) is 0 Å². The molecule has 0 aliphatic carbocycles. The molecule has 2 atom stereocenters. The van der Waals surface area contributed by atoms with Crippen LogP contribution in [0.1, 0.15) is 57.6 Å². The van der Waals surface area contributed by atoms with Crippen molar-refractivity contribution in [3.8, 4) is 11.5 Å². The van der Waals surface area contributed by atoms with Crippen LogP contribution in [0.15, 0.2) is 18.2 Å². The van der Waals surface area contributed by atoms with Gasteiger partial charge in [-0.15, -0.1) is 0 Å². The monoisotopic (exact) mass is 278 g/mol. The number of fused-ring (bicyclic) bond motifs is 1. The van der Waals surface area contributed by atoms with Crippen LogP contribution in [0, 0.1) is 5.92 Å². The molecule has 112 valence electrons. The smallest absolute Gasteiger partial charge is 0.167 e. The molecule has 1 aliphatic heterocycles. The van der Waals surface area contributed by atoms with Crippen molar-refractivity contribution in [2.24, 2.45) is 5.92 Å². The predicted molar refractivity (Wildman–Crippen MR) is 80.3 cm³/mol. The lowest BCUT2D eigenvalue weighted by Crippen LogP contribution is -2.18. The molecule has 1 aromatic carbocycles. The van der Waals surface area contributed by atoms with Crippen LogP contribution in [0.2, 0.25) is 0 Å². The Morgan fingerprint density at radius 1 is 1.20 bits per heavy atom. The van der Waals surface area contributed by atoms with Crippen LogP contribution in [0.4, 0.5) is 0 Å². The highest BCUT2D eigenvalue weighted by Crippen LogP contribution is 2.39. The van der Waals surface area contributed by atoms with Crippen molar-refractivity contribution in [1.29, 1.82) is 0 Å². The van der Waals surface area contributed by atoms with Gasteiger partial charge in [-0.1, -0.05) is 51.7 Å². The van der Waals surface area contributed by atoms with Crippen LogP contribution < -0.4 is 9.47 Å². The molecule has 20 heavy (non-hydrogen) atoms. The Hall–Kier alpha value is -1.22. The maximum Gasteiger partial charge on any atom is 0.167 e. The largest absolute Gasteiger partial charge is 0.486 e. The molecule has 3 nitrogen and oxygen atoms in total. The van der Waals surface area contributed by atoms with Gasteiger partial charge in [-0.2, -0.15) is 0 Å². The van der Waals surface area contributed by atoms with Crippen LogP contribution >= 0.6 is 0 Å². The minimum absolute atomic E-state index is 0.464. The fraction of sp³-hybridized carbons (Fsp3) is 0.647. The van der Waals surface area contributed by atoms with Gasteiger partial charge in [-0.25, -0.2) is 0 Å². The minimum atomic E-state index is -0.464. The third kappa shape index (κ3) is 3.66. The Bertz CT molecular complexity index is 417. The van der Waals surface area contributed by atoms with Crippen molar-refractivity contribution in [2.75, 3.05) is 13.2 Å². The van der Waals surface area contributed by atoms with E-state index in [0.29, 0.717) is 19.1 Å². The Morgan fingerprint density at radius 2 is 2.00 bits per heavy atom. The molecule has 0 saturated carbocycles. The number of unbranched alkanes of at least 4 members (excludes halogenated alkanes) is 1. The molecule has 1 aliphatic rings. The molecular weight excluding hydrogens is 252 g/mol. The molecule has 0 radical (unpaired) electrons. The number of aliphatic hydroxyl groups is 1. The normalized spacial score (nSPS) is 16.8. The summed E-state index contributed by atoms with van der Waals surface area (Å²) < 4.78 is 11.3. The summed E-state index contributed by atoms with van der Waals surface area (Å²) in [5.74, 6) is 2.07. The summed E-state index contributed by atoms with van der Waals surface area (Å²) in [6, 6.07) is 5.78. The summed E-state index contributed by atoms with van der Waals surface area (Å²) in [5.41, 5.74) is 0.872. The van der Waals surface area contributed by atoms with Crippen LogP contribution in [-0.2, 0) is 0 Å². The van der Waals surface area contributed by atoms with Crippen LogP contribution in [0.5, 0.6) is 11.5 Å². The second-order valence-corrected chi connectivity index (χ2v) is 5.54. The van der Waals surface area contributed by atoms with E-state index in [1.807, 2.05) is 18.2 Å². The summed E-state index contributed by atoms with van der Waals surface area (Å²) in [4.78, 5) is 0. The lowest BCUT2D eigenvalue weighted by molar-refractivity contribution is 0.124. The molecule has 1 heterocycles. The lowest BCUT2D eigenvalue weighted by atomic mass is 9.90. The quantitative estimate of drug-likeness (QED) is 0.816. The number of aliphatic hydroxyl groups excluding tert-OH is 1. The van der Waals surface area contributed by atoms with Gasteiger partial charge in [0.15, 0.2) is 11.5 Å². The standard InChI is InChI=1S/C17H26O3/c1-3-5-7-13(4-2)12-15(18)14-8-6-9-16-17(14)20-11-10-19-16/h6,8-9,13,15,18H,3-5,7,10-12H2,1-2H3. The SMILES string of the molecule is CCCCC(CC)CC(O)c1cccc2c1OCCO2. The summed E-state index contributed by atoms with van der Waals surface area (Å²) in [6.07, 6.45) is 5.09. The number of hydrogen-bond acceptors (Lipinski definition) is 3.